The molecule has 3 rings (SSSR count). The summed E-state index contributed by atoms with van der Waals surface area (Å²) in [5, 5.41) is 6.19. The minimum atomic E-state index is 0.00737. The number of fused-ring (bicyclic) bond motifs is 1. The molecule has 1 aliphatic heterocycles. The standard InChI is InChI=1S/C19H27N3O2/c1-14(23)20-16-10-12-22(13-11-16)19(24)21-18-9-5-3-7-15-6-2-4-8-17(15)18/h2,4,6,8,16,18H,3,5,7,9-13H2,1H3,(H,20,23)(H,21,24)/t18-/m1/s1. The number of hydrogen-bond donors (Lipinski definition) is 2. The Morgan fingerprint density at radius 1 is 1.04 bits per heavy atom. The molecule has 5 heteroatoms. The van der Waals surface area contributed by atoms with Crippen molar-refractivity contribution in [2.24, 2.45) is 0 Å². The number of rotatable bonds is 2. The van der Waals surface area contributed by atoms with Gasteiger partial charge in [-0.3, -0.25) is 4.79 Å². The number of benzene rings is 1. The molecule has 1 aromatic rings. The van der Waals surface area contributed by atoms with E-state index < -0.39 is 0 Å². The fourth-order valence-electron chi connectivity index (χ4n) is 3.83. The lowest BCUT2D eigenvalue weighted by Crippen LogP contribution is -2.49. The molecule has 1 aromatic carbocycles. The normalized spacial score (nSPS) is 21.5. The van der Waals surface area contributed by atoms with Gasteiger partial charge in [0.2, 0.25) is 5.91 Å². The third kappa shape index (κ3) is 4.08. The fourth-order valence-corrected chi connectivity index (χ4v) is 3.83. The third-order valence-electron chi connectivity index (χ3n) is 5.11. The van der Waals surface area contributed by atoms with E-state index in [2.05, 4.69) is 34.9 Å². The van der Waals surface area contributed by atoms with Gasteiger partial charge in [-0.05, 0) is 43.2 Å². The maximum absolute atomic E-state index is 12.6. The number of hydrogen-bond acceptors (Lipinski definition) is 2. The molecular weight excluding hydrogens is 302 g/mol. The van der Waals surface area contributed by atoms with Crippen LogP contribution in [-0.2, 0) is 11.2 Å². The lowest BCUT2D eigenvalue weighted by atomic mass is 9.99. The molecule has 1 atom stereocenters. The summed E-state index contributed by atoms with van der Waals surface area (Å²) in [6, 6.07) is 8.80. The number of aryl methyl sites for hydroxylation is 1. The molecule has 24 heavy (non-hydrogen) atoms. The number of amides is 3. The first-order chi connectivity index (χ1) is 11.6. The maximum atomic E-state index is 12.6. The monoisotopic (exact) mass is 329 g/mol. The number of nitrogens with zero attached hydrogens (tertiary/aromatic N) is 1. The highest BCUT2D eigenvalue weighted by atomic mass is 16.2. The first-order valence-corrected chi connectivity index (χ1v) is 9.04. The second-order valence-corrected chi connectivity index (χ2v) is 6.91. The van der Waals surface area contributed by atoms with Gasteiger partial charge in [0.25, 0.3) is 0 Å². The third-order valence-corrected chi connectivity index (χ3v) is 5.11. The number of nitrogens with one attached hydrogen (secondary N) is 2. The average molecular weight is 329 g/mol. The molecule has 0 bridgehead atoms. The summed E-state index contributed by atoms with van der Waals surface area (Å²) in [7, 11) is 0. The van der Waals surface area contributed by atoms with Crippen molar-refractivity contribution in [3.8, 4) is 0 Å². The van der Waals surface area contributed by atoms with Crippen molar-refractivity contribution in [1.82, 2.24) is 15.5 Å². The predicted molar refractivity (Wildman–Crippen MR) is 93.7 cm³/mol. The summed E-state index contributed by atoms with van der Waals surface area (Å²) in [4.78, 5) is 25.7. The SMILES string of the molecule is CC(=O)NC1CCN(C(=O)N[C@@H]2CCCCc3ccccc32)CC1. The van der Waals surface area contributed by atoms with E-state index in [1.807, 2.05) is 4.90 Å². The zero-order chi connectivity index (χ0) is 16.9. The van der Waals surface area contributed by atoms with Crippen LogP contribution >= 0.6 is 0 Å². The molecule has 0 spiro atoms. The minimum absolute atomic E-state index is 0.00737. The number of carbonyl (C=O) groups excluding carboxylic acids is 2. The Balaban J connectivity index is 1.58. The molecule has 1 heterocycles. The van der Waals surface area contributed by atoms with Crippen molar-refractivity contribution in [1.29, 1.82) is 0 Å². The van der Waals surface area contributed by atoms with Crippen molar-refractivity contribution < 1.29 is 9.59 Å². The van der Waals surface area contributed by atoms with Crippen LogP contribution in [0.25, 0.3) is 0 Å². The first kappa shape index (κ1) is 16.8. The summed E-state index contributed by atoms with van der Waals surface area (Å²) in [5.41, 5.74) is 2.64. The highest BCUT2D eigenvalue weighted by molar-refractivity contribution is 5.75. The van der Waals surface area contributed by atoms with Crippen molar-refractivity contribution in [3.63, 3.8) is 0 Å². The van der Waals surface area contributed by atoms with E-state index in [1.54, 1.807) is 6.92 Å². The lowest BCUT2D eigenvalue weighted by molar-refractivity contribution is -0.119. The van der Waals surface area contributed by atoms with Crippen molar-refractivity contribution >= 4 is 11.9 Å². The van der Waals surface area contributed by atoms with Crippen LogP contribution in [0, 0.1) is 0 Å². The van der Waals surface area contributed by atoms with Gasteiger partial charge in [-0.2, -0.15) is 0 Å². The van der Waals surface area contributed by atoms with E-state index in [9.17, 15) is 9.59 Å². The lowest BCUT2D eigenvalue weighted by Gasteiger charge is -2.33. The van der Waals surface area contributed by atoms with Crippen LogP contribution in [0.3, 0.4) is 0 Å². The minimum Gasteiger partial charge on any atom is -0.353 e. The topological polar surface area (TPSA) is 61.4 Å². The Morgan fingerprint density at radius 3 is 2.54 bits per heavy atom. The molecular formula is C19H27N3O2. The Morgan fingerprint density at radius 2 is 1.79 bits per heavy atom. The Bertz CT molecular complexity index is 594. The van der Waals surface area contributed by atoms with E-state index in [0.717, 1.165) is 32.1 Å². The van der Waals surface area contributed by atoms with Crippen molar-refractivity contribution in [3.05, 3.63) is 35.4 Å². The Labute approximate surface area is 143 Å². The largest absolute Gasteiger partial charge is 0.353 e. The van der Waals surface area contributed by atoms with E-state index in [4.69, 9.17) is 0 Å². The molecule has 1 saturated heterocycles. The molecule has 0 radical (unpaired) electrons. The molecule has 0 unspecified atom stereocenters. The average Bonchev–Trinajstić information content (AvgIpc) is 2.77. The zero-order valence-corrected chi connectivity index (χ0v) is 14.4. The van der Waals surface area contributed by atoms with E-state index in [-0.39, 0.29) is 24.0 Å². The van der Waals surface area contributed by atoms with Gasteiger partial charge in [-0.25, -0.2) is 4.79 Å². The summed E-state index contributed by atoms with van der Waals surface area (Å²) in [5.74, 6) is 0.00737. The van der Waals surface area contributed by atoms with Gasteiger partial charge in [-0.1, -0.05) is 30.7 Å². The fraction of sp³-hybridized carbons (Fsp3) is 0.579. The molecule has 1 fully saturated rings. The molecule has 3 amide bonds. The van der Waals surface area contributed by atoms with Gasteiger partial charge in [0, 0.05) is 26.1 Å². The highest BCUT2D eigenvalue weighted by Crippen LogP contribution is 2.28. The van der Waals surface area contributed by atoms with E-state index in [0.29, 0.717) is 13.1 Å². The Kier molecular flexibility index (Phi) is 5.38. The first-order valence-electron chi connectivity index (χ1n) is 9.04. The summed E-state index contributed by atoms with van der Waals surface area (Å²) in [6.45, 7) is 2.94. The zero-order valence-electron chi connectivity index (χ0n) is 14.4. The maximum Gasteiger partial charge on any atom is 0.317 e. The van der Waals surface area contributed by atoms with E-state index >= 15 is 0 Å². The van der Waals surface area contributed by atoms with Gasteiger partial charge < -0.3 is 15.5 Å². The summed E-state index contributed by atoms with van der Waals surface area (Å²) < 4.78 is 0. The number of urea groups is 1. The Hall–Kier alpha value is -2.04. The number of piperidine rings is 1. The number of likely N-dealkylation sites (tertiary alicyclic amines) is 1. The predicted octanol–water partition coefficient (Wildman–Crippen LogP) is 2.76. The van der Waals surface area contributed by atoms with Crippen LogP contribution in [0.15, 0.2) is 24.3 Å². The van der Waals surface area contributed by atoms with Gasteiger partial charge in [0.05, 0.1) is 6.04 Å². The van der Waals surface area contributed by atoms with Crippen LogP contribution in [0.1, 0.15) is 56.2 Å². The van der Waals surface area contributed by atoms with Crippen LogP contribution in [0.5, 0.6) is 0 Å². The van der Waals surface area contributed by atoms with E-state index in [1.165, 1.54) is 17.5 Å². The van der Waals surface area contributed by atoms with Crippen LogP contribution in [0.2, 0.25) is 0 Å². The number of carbonyl (C=O) groups is 2. The molecule has 0 saturated carbocycles. The highest BCUT2D eigenvalue weighted by Gasteiger charge is 2.26. The van der Waals surface area contributed by atoms with Crippen LogP contribution in [0.4, 0.5) is 4.79 Å². The van der Waals surface area contributed by atoms with Gasteiger partial charge in [0.15, 0.2) is 0 Å². The molecule has 5 nitrogen and oxygen atoms in total. The van der Waals surface area contributed by atoms with Crippen molar-refractivity contribution in [2.45, 2.75) is 57.5 Å². The second kappa shape index (κ2) is 7.69. The molecule has 1 aliphatic carbocycles. The smallest absolute Gasteiger partial charge is 0.317 e. The van der Waals surface area contributed by atoms with Gasteiger partial charge >= 0.3 is 6.03 Å². The summed E-state index contributed by atoms with van der Waals surface area (Å²) in [6.07, 6.45) is 6.09. The molecule has 0 aromatic heterocycles. The van der Waals surface area contributed by atoms with Crippen molar-refractivity contribution in [2.75, 3.05) is 13.1 Å². The quantitative estimate of drug-likeness (QED) is 0.820. The second-order valence-electron chi connectivity index (χ2n) is 6.91. The summed E-state index contributed by atoms with van der Waals surface area (Å²) >= 11 is 0. The molecule has 130 valence electrons. The van der Waals surface area contributed by atoms with Crippen LogP contribution < -0.4 is 10.6 Å². The van der Waals surface area contributed by atoms with Gasteiger partial charge in [-0.15, -0.1) is 0 Å². The van der Waals surface area contributed by atoms with Crippen LogP contribution in [-0.4, -0.2) is 36.0 Å². The molecule has 2 aliphatic rings. The molecule has 2 N–H and O–H groups in total. The van der Waals surface area contributed by atoms with Gasteiger partial charge in [0.1, 0.15) is 0 Å².